The van der Waals surface area contributed by atoms with Gasteiger partial charge < -0.3 is 20.2 Å². The summed E-state index contributed by atoms with van der Waals surface area (Å²) in [6.07, 6.45) is 0.845. The number of nitrogens with zero attached hydrogens (tertiary/aromatic N) is 2. The molecule has 2 N–H and O–H groups in total. The summed E-state index contributed by atoms with van der Waals surface area (Å²) in [6, 6.07) is -0.912. The van der Waals surface area contributed by atoms with E-state index in [9.17, 15) is 14.4 Å². The standard InChI is InChI=1S/C13H23N3O4/c1-9(10(17)15(3)4)14-12(20)16-7-5-13(2,6-8-16)11(18)19/h9H,5-8H2,1-4H3,(H,14,20)(H,18,19). The van der Waals surface area contributed by atoms with E-state index in [1.165, 1.54) is 4.90 Å². The van der Waals surface area contributed by atoms with Crippen molar-refractivity contribution in [2.24, 2.45) is 5.41 Å². The average molecular weight is 285 g/mol. The van der Waals surface area contributed by atoms with Gasteiger partial charge in [-0.3, -0.25) is 9.59 Å². The Morgan fingerprint density at radius 2 is 1.75 bits per heavy atom. The number of carbonyl (C=O) groups excluding carboxylic acids is 2. The second kappa shape index (κ2) is 6.11. The first kappa shape index (κ1) is 16.3. The van der Waals surface area contributed by atoms with Crippen LogP contribution >= 0.6 is 0 Å². The molecule has 1 saturated heterocycles. The predicted molar refractivity (Wildman–Crippen MR) is 73.2 cm³/mol. The molecule has 0 aromatic heterocycles. The Morgan fingerprint density at radius 1 is 1.25 bits per heavy atom. The molecule has 0 radical (unpaired) electrons. The number of likely N-dealkylation sites (tertiary alicyclic amines) is 1. The maximum Gasteiger partial charge on any atom is 0.318 e. The zero-order chi connectivity index (χ0) is 15.5. The molecule has 1 rings (SSSR count). The zero-order valence-electron chi connectivity index (χ0n) is 12.5. The number of hydrogen-bond acceptors (Lipinski definition) is 3. The van der Waals surface area contributed by atoms with E-state index < -0.39 is 17.4 Å². The lowest BCUT2D eigenvalue weighted by atomic mass is 9.80. The Morgan fingerprint density at radius 3 is 2.15 bits per heavy atom. The number of amides is 3. The summed E-state index contributed by atoms with van der Waals surface area (Å²) in [5.41, 5.74) is -0.762. The van der Waals surface area contributed by atoms with Gasteiger partial charge in [-0.05, 0) is 26.7 Å². The van der Waals surface area contributed by atoms with Gasteiger partial charge in [-0.1, -0.05) is 0 Å². The van der Waals surface area contributed by atoms with Crippen molar-refractivity contribution >= 4 is 17.9 Å². The van der Waals surface area contributed by atoms with Crippen LogP contribution in [0.25, 0.3) is 0 Å². The molecule has 3 amide bonds. The number of aliphatic carboxylic acids is 1. The summed E-state index contributed by atoms with van der Waals surface area (Å²) in [6.45, 7) is 4.10. The third-order valence-corrected chi connectivity index (χ3v) is 3.82. The van der Waals surface area contributed by atoms with E-state index in [1.807, 2.05) is 0 Å². The second-order valence-corrected chi connectivity index (χ2v) is 5.76. The van der Waals surface area contributed by atoms with Gasteiger partial charge >= 0.3 is 12.0 Å². The lowest BCUT2D eigenvalue weighted by Gasteiger charge is -2.36. The van der Waals surface area contributed by atoms with Crippen molar-refractivity contribution in [3.63, 3.8) is 0 Å². The molecule has 7 heteroatoms. The average Bonchev–Trinajstić information content (AvgIpc) is 2.38. The highest BCUT2D eigenvalue weighted by atomic mass is 16.4. The molecule has 0 aliphatic carbocycles. The minimum Gasteiger partial charge on any atom is -0.481 e. The number of urea groups is 1. The van der Waals surface area contributed by atoms with Crippen molar-refractivity contribution in [1.82, 2.24) is 15.1 Å². The number of hydrogen-bond donors (Lipinski definition) is 2. The van der Waals surface area contributed by atoms with Crippen LogP contribution in [0.15, 0.2) is 0 Å². The van der Waals surface area contributed by atoms with Gasteiger partial charge in [-0.25, -0.2) is 4.79 Å². The highest BCUT2D eigenvalue weighted by molar-refractivity contribution is 5.86. The van der Waals surface area contributed by atoms with E-state index in [2.05, 4.69) is 5.32 Å². The Kier molecular flexibility index (Phi) is 4.97. The summed E-state index contributed by atoms with van der Waals surface area (Å²) in [4.78, 5) is 37.8. The van der Waals surface area contributed by atoms with Crippen LogP contribution < -0.4 is 5.32 Å². The van der Waals surface area contributed by atoms with Crippen LogP contribution in [0.1, 0.15) is 26.7 Å². The van der Waals surface area contributed by atoms with Crippen molar-refractivity contribution in [3.05, 3.63) is 0 Å². The third-order valence-electron chi connectivity index (χ3n) is 3.82. The molecule has 0 aromatic rings. The topological polar surface area (TPSA) is 90.0 Å². The van der Waals surface area contributed by atoms with Crippen LogP contribution in [0.5, 0.6) is 0 Å². The lowest BCUT2D eigenvalue weighted by molar-refractivity contribution is -0.150. The molecule has 1 aliphatic heterocycles. The first-order valence-electron chi connectivity index (χ1n) is 6.67. The Hall–Kier alpha value is -1.79. The van der Waals surface area contributed by atoms with Crippen LogP contribution in [0, 0.1) is 5.41 Å². The molecule has 0 aromatic carbocycles. The van der Waals surface area contributed by atoms with E-state index in [0.29, 0.717) is 25.9 Å². The minimum absolute atomic E-state index is 0.175. The lowest BCUT2D eigenvalue weighted by Crippen LogP contribution is -2.53. The summed E-state index contributed by atoms with van der Waals surface area (Å²) in [7, 11) is 3.26. The van der Waals surface area contributed by atoms with Gasteiger partial charge in [0.2, 0.25) is 5.91 Å². The Bertz CT molecular complexity index is 400. The van der Waals surface area contributed by atoms with Gasteiger partial charge in [-0.15, -0.1) is 0 Å². The molecule has 0 saturated carbocycles. The fraction of sp³-hybridized carbons (Fsp3) is 0.769. The van der Waals surface area contributed by atoms with Gasteiger partial charge in [0.25, 0.3) is 0 Å². The monoisotopic (exact) mass is 285 g/mol. The first-order chi connectivity index (χ1) is 9.17. The van der Waals surface area contributed by atoms with Gasteiger partial charge in [0.1, 0.15) is 6.04 Å². The van der Waals surface area contributed by atoms with Crippen LogP contribution in [-0.4, -0.2) is 66.0 Å². The number of carboxylic acid groups (broad SMARTS) is 1. The largest absolute Gasteiger partial charge is 0.481 e. The number of nitrogens with one attached hydrogen (secondary N) is 1. The van der Waals surface area contributed by atoms with E-state index in [4.69, 9.17) is 5.11 Å². The molecular formula is C13H23N3O4. The summed E-state index contributed by atoms with van der Waals surface area (Å²) in [5.74, 6) is -1.00. The van der Waals surface area contributed by atoms with Crippen molar-refractivity contribution in [2.75, 3.05) is 27.2 Å². The van der Waals surface area contributed by atoms with Crippen molar-refractivity contribution < 1.29 is 19.5 Å². The first-order valence-corrected chi connectivity index (χ1v) is 6.67. The molecule has 1 atom stereocenters. The van der Waals surface area contributed by atoms with Gasteiger partial charge in [0.15, 0.2) is 0 Å². The Balaban J connectivity index is 2.51. The molecule has 0 spiro atoms. The molecule has 0 bridgehead atoms. The number of likely N-dealkylation sites (N-methyl/N-ethyl adjacent to an activating group) is 1. The van der Waals surface area contributed by atoms with Crippen molar-refractivity contribution in [3.8, 4) is 0 Å². The molecule has 1 aliphatic rings. The third kappa shape index (κ3) is 3.61. The number of rotatable bonds is 3. The van der Waals surface area contributed by atoms with Crippen molar-refractivity contribution in [1.29, 1.82) is 0 Å². The van der Waals surface area contributed by atoms with Crippen LogP contribution in [0.3, 0.4) is 0 Å². The van der Waals surface area contributed by atoms with E-state index in [-0.39, 0.29) is 11.9 Å². The SMILES string of the molecule is CC(NC(=O)N1CCC(C)(C(=O)O)CC1)C(=O)N(C)C. The molecule has 114 valence electrons. The van der Waals surface area contributed by atoms with Crippen LogP contribution in [-0.2, 0) is 9.59 Å². The van der Waals surface area contributed by atoms with Crippen LogP contribution in [0.4, 0.5) is 4.79 Å². The molecular weight excluding hydrogens is 262 g/mol. The smallest absolute Gasteiger partial charge is 0.318 e. The van der Waals surface area contributed by atoms with Gasteiger partial charge in [0.05, 0.1) is 5.41 Å². The minimum atomic E-state index is -0.825. The fourth-order valence-electron chi connectivity index (χ4n) is 2.14. The predicted octanol–water partition coefficient (Wildman–Crippen LogP) is 0.359. The molecule has 7 nitrogen and oxygen atoms in total. The maximum absolute atomic E-state index is 12.0. The quantitative estimate of drug-likeness (QED) is 0.783. The summed E-state index contributed by atoms with van der Waals surface area (Å²) >= 11 is 0. The summed E-state index contributed by atoms with van der Waals surface area (Å²) in [5, 5.41) is 11.8. The van der Waals surface area contributed by atoms with Gasteiger partial charge in [0, 0.05) is 27.2 Å². The number of carbonyl (C=O) groups is 3. The number of piperidine rings is 1. The highest BCUT2D eigenvalue weighted by Crippen LogP contribution is 2.30. The molecule has 1 heterocycles. The molecule has 20 heavy (non-hydrogen) atoms. The van der Waals surface area contributed by atoms with E-state index in [0.717, 1.165) is 0 Å². The number of carboxylic acids is 1. The fourth-order valence-corrected chi connectivity index (χ4v) is 2.14. The zero-order valence-corrected chi connectivity index (χ0v) is 12.5. The van der Waals surface area contributed by atoms with Gasteiger partial charge in [-0.2, -0.15) is 0 Å². The Labute approximate surface area is 118 Å². The molecule has 1 fully saturated rings. The van der Waals surface area contributed by atoms with E-state index >= 15 is 0 Å². The van der Waals surface area contributed by atoms with Crippen LogP contribution in [0.2, 0.25) is 0 Å². The highest BCUT2D eigenvalue weighted by Gasteiger charge is 2.38. The summed E-state index contributed by atoms with van der Waals surface area (Å²) < 4.78 is 0. The van der Waals surface area contributed by atoms with Crippen molar-refractivity contribution in [2.45, 2.75) is 32.7 Å². The second-order valence-electron chi connectivity index (χ2n) is 5.76. The molecule has 1 unspecified atom stereocenters. The van der Waals surface area contributed by atoms with E-state index in [1.54, 1.807) is 32.8 Å². The maximum atomic E-state index is 12.0. The normalized spacial score (nSPS) is 19.1.